The zero-order chi connectivity index (χ0) is 33.0. The Labute approximate surface area is 309 Å². The fraction of sp³-hybridized carbons (Fsp3) is 0.442. The molecule has 0 bridgehead atoms. The average molecular weight is 735 g/mol. The fourth-order valence-corrected chi connectivity index (χ4v) is 6.01. The van der Waals surface area contributed by atoms with Gasteiger partial charge in [0.2, 0.25) is 0 Å². The number of rotatable bonds is 3. The molecule has 0 aromatic heterocycles. The number of halogens is 2. The third-order valence-electron chi connectivity index (χ3n) is 8.64. The summed E-state index contributed by atoms with van der Waals surface area (Å²) in [7, 11) is 0. The number of aryl methyl sites for hydroxylation is 3. The van der Waals surface area contributed by atoms with Gasteiger partial charge in [0.15, 0.2) is 0 Å². The molecule has 0 amide bonds. The van der Waals surface area contributed by atoms with Gasteiger partial charge in [0.25, 0.3) is 0 Å². The summed E-state index contributed by atoms with van der Waals surface area (Å²) >= 11 is 1.51. The molecule has 0 N–H and O–H groups in total. The summed E-state index contributed by atoms with van der Waals surface area (Å²) in [5.41, 5.74) is 16.3. The van der Waals surface area contributed by atoms with Gasteiger partial charge in [-0.25, -0.2) is 6.07 Å². The summed E-state index contributed by atoms with van der Waals surface area (Å²) in [6.07, 6.45) is 3.34. The summed E-state index contributed by atoms with van der Waals surface area (Å²) < 4.78 is 1.46. The van der Waals surface area contributed by atoms with Crippen LogP contribution in [0.2, 0.25) is 0 Å². The van der Waals surface area contributed by atoms with Crippen LogP contribution in [0, 0.1) is 13.0 Å². The van der Waals surface area contributed by atoms with Gasteiger partial charge in [-0.3, -0.25) is 0 Å². The molecule has 1 aliphatic carbocycles. The second-order valence-corrected chi connectivity index (χ2v) is 17.4. The van der Waals surface area contributed by atoms with E-state index in [4.69, 9.17) is 0 Å². The first-order valence-corrected chi connectivity index (χ1v) is 17.7. The van der Waals surface area contributed by atoms with Crippen LogP contribution in [0.4, 0.5) is 0 Å². The molecule has 0 aliphatic heterocycles. The van der Waals surface area contributed by atoms with Crippen LogP contribution in [0.1, 0.15) is 133 Å². The Kier molecular flexibility index (Phi) is 15.8. The van der Waals surface area contributed by atoms with Gasteiger partial charge in [0.1, 0.15) is 0 Å². The molecule has 0 atom stereocenters. The van der Waals surface area contributed by atoms with E-state index in [-0.39, 0.29) is 35.6 Å². The van der Waals surface area contributed by atoms with Crippen molar-refractivity contribution in [2.24, 2.45) is 0 Å². The molecule has 46 heavy (non-hydrogen) atoms. The summed E-state index contributed by atoms with van der Waals surface area (Å²) in [6.45, 7) is 29.3. The van der Waals surface area contributed by atoms with Crippen LogP contribution in [-0.4, -0.2) is 3.21 Å². The van der Waals surface area contributed by atoms with Gasteiger partial charge in [-0.2, -0.15) is 52.1 Å². The first-order valence-electron chi connectivity index (χ1n) is 16.4. The van der Waals surface area contributed by atoms with Crippen molar-refractivity contribution < 1.29 is 49.0 Å². The Morgan fingerprint density at radius 2 is 1.30 bits per heavy atom. The summed E-state index contributed by atoms with van der Waals surface area (Å²) in [5, 5.41) is 0. The van der Waals surface area contributed by atoms with Gasteiger partial charge in [-0.05, 0) is 17.4 Å². The molecule has 248 valence electrons. The molecule has 1 aliphatic rings. The topological polar surface area (TPSA) is 0 Å². The van der Waals surface area contributed by atoms with Crippen LogP contribution in [-0.2, 0) is 59.7 Å². The Hall–Kier alpha value is -1.66. The first kappa shape index (κ1) is 42.4. The minimum absolute atomic E-state index is 0. The average Bonchev–Trinajstić information content (AvgIpc) is 3.54. The molecule has 0 saturated carbocycles. The number of hydrogen-bond donors (Lipinski definition) is 0. The summed E-state index contributed by atoms with van der Waals surface area (Å²) in [5.74, 6) is 0. The molecule has 0 heterocycles. The molecule has 0 spiro atoms. The van der Waals surface area contributed by atoms with E-state index < -0.39 is 0 Å². The number of fused-ring (bicyclic) bond motifs is 3. The van der Waals surface area contributed by atoms with Gasteiger partial charge in [-0.15, -0.1) is 5.56 Å². The molecule has 0 saturated heterocycles. The molecule has 5 rings (SSSR count). The smallest absolute Gasteiger partial charge is 1.00 e. The Bertz CT molecular complexity index is 1500. The van der Waals surface area contributed by atoms with Gasteiger partial charge < -0.3 is 24.8 Å². The zero-order valence-corrected chi connectivity index (χ0v) is 34.7. The second kappa shape index (κ2) is 17.1. The van der Waals surface area contributed by atoms with Gasteiger partial charge in [0.05, 0.1) is 0 Å². The van der Waals surface area contributed by atoms with Crippen molar-refractivity contribution in [3.05, 3.63) is 123 Å². The maximum atomic E-state index is 3.53. The number of benzene rings is 3. The normalized spacial score (nSPS) is 11.9. The van der Waals surface area contributed by atoms with Crippen LogP contribution in [0.5, 0.6) is 0 Å². The molecular formula is C43H56Cl2Zr-2. The largest absolute Gasteiger partial charge is 1.00 e. The van der Waals surface area contributed by atoms with Crippen molar-refractivity contribution in [2.75, 3.05) is 0 Å². The van der Waals surface area contributed by atoms with E-state index in [0.29, 0.717) is 5.41 Å². The molecule has 0 nitrogen and oxygen atoms in total. The standard InChI is InChI=1S/C21H25.C13H21.C9H10.2ClH.Zr/c1-20(2,3)16-9-7-14-11-15-8-10-17(21(4,5)6)13-19(15)18(14)12-16;1-6-10-8-11(7-2)12(9-10)13(3,4)5;1-3-9-6-4-8(2)5-7-9;;;/h7,9-10,12-13H,11H2,1-6H3;8-9H,6-7H2,1-5H3;4-7H,1-2H3;2*1H;/q2*-1;;;;+2/p-2. The monoisotopic (exact) mass is 732 g/mol. The molecular weight excluding hydrogens is 679 g/mol. The first-order chi connectivity index (χ1) is 20.3. The molecule has 4 aromatic rings. The maximum absolute atomic E-state index is 3.53. The van der Waals surface area contributed by atoms with Crippen LogP contribution >= 0.6 is 0 Å². The van der Waals surface area contributed by atoms with E-state index >= 15 is 0 Å². The van der Waals surface area contributed by atoms with Gasteiger partial charge >= 0.3 is 76.7 Å². The summed E-state index contributed by atoms with van der Waals surface area (Å²) in [6, 6.07) is 28.5. The Morgan fingerprint density at radius 3 is 1.76 bits per heavy atom. The van der Waals surface area contributed by atoms with Crippen molar-refractivity contribution in [1.29, 1.82) is 0 Å². The minimum atomic E-state index is 0. The van der Waals surface area contributed by atoms with Crippen molar-refractivity contribution in [2.45, 2.75) is 126 Å². The summed E-state index contributed by atoms with van der Waals surface area (Å²) in [4.78, 5) is 0. The fourth-order valence-electron chi connectivity index (χ4n) is 5.60. The van der Waals surface area contributed by atoms with E-state index in [1.54, 1.807) is 0 Å². The molecule has 0 radical (unpaired) electrons. The predicted molar refractivity (Wildman–Crippen MR) is 191 cm³/mol. The Balaban J connectivity index is 0.000000366. The van der Waals surface area contributed by atoms with Crippen LogP contribution in [0.15, 0.2) is 66.7 Å². The van der Waals surface area contributed by atoms with Crippen LogP contribution < -0.4 is 24.8 Å². The predicted octanol–water partition coefficient (Wildman–Crippen LogP) is 5.57. The van der Waals surface area contributed by atoms with Crippen molar-refractivity contribution in [3.8, 4) is 11.1 Å². The molecule has 3 heteroatoms. The second-order valence-electron chi connectivity index (χ2n) is 15.6. The SMILES string of the molecule is CC(C)(C)c1c[c-]c2c(c1)-c1cc(C(C)(C)C)ccc1C2.CCc1cc(C(C)(C)C)c(CC)[cH-]1.C[C](=[Zr+2])c1ccc(C)cc1.[Cl-].[Cl-]. The van der Waals surface area contributed by atoms with E-state index in [2.05, 4.69) is 163 Å². The number of hydrogen-bond acceptors (Lipinski definition) is 0. The van der Waals surface area contributed by atoms with Crippen LogP contribution in [0.3, 0.4) is 0 Å². The molecule has 0 unspecified atom stereocenters. The Morgan fingerprint density at radius 1 is 0.739 bits per heavy atom. The maximum Gasteiger partial charge on any atom is -1.00 e. The van der Waals surface area contributed by atoms with E-state index in [1.807, 2.05) is 0 Å². The molecule has 0 fully saturated rings. The van der Waals surface area contributed by atoms with Crippen molar-refractivity contribution in [1.82, 2.24) is 0 Å². The van der Waals surface area contributed by atoms with Crippen LogP contribution in [0.25, 0.3) is 11.1 Å². The third kappa shape index (κ3) is 11.2. The zero-order valence-electron chi connectivity index (χ0n) is 30.7. The van der Waals surface area contributed by atoms with Gasteiger partial charge in [-0.1, -0.05) is 129 Å². The van der Waals surface area contributed by atoms with Crippen molar-refractivity contribution >= 4 is 3.21 Å². The van der Waals surface area contributed by atoms with E-state index in [1.165, 1.54) is 88.6 Å². The van der Waals surface area contributed by atoms with E-state index in [0.717, 1.165) is 19.3 Å². The third-order valence-corrected chi connectivity index (χ3v) is 9.35. The quantitative estimate of drug-likeness (QED) is 0.213. The minimum Gasteiger partial charge on any atom is -1.00 e. The molecule has 4 aromatic carbocycles. The van der Waals surface area contributed by atoms with Crippen molar-refractivity contribution in [3.63, 3.8) is 0 Å². The van der Waals surface area contributed by atoms with Gasteiger partial charge in [0, 0.05) is 0 Å². The van der Waals surface area contributed by atoms with E-state index in [9.17, 15) is 0 Å².